The second kappa shape index (κ2) is 24.9. The zero-order chi connectivity index (χ0) is 25.2. The van der Waals surface area contributed by atoms with Gasteiger partial charge < -0.3 is 0 Å². The van der Waals surface area contributed by atoms with E-state index < -0.39 is 0 Å². The van der Waals surface area contributed by atoms with Gasteiger partial charge in [-0.25, -0.2) is 9.13 Å². The smallest absolute Gasteiger partial charge is 0.234 e. The van der Waals surface area contributed by atoms with E-state index in [4.69, 9.17) is 0 Å². The van der Waals surface area contributed by atoms with Gasteiger partial charge >= 0.3 is 0 Å². The molecule has 1 aromatic heterocycles. The number of unbranched alkanes of at least 4 members (excludes halogenated alkanes) is 22. The molecule has 1 rings (SSSR count). The summed E-state index contributed by atoms with van der Waals surface area (Å²) in [6, 6.07) is 0. The van der Waals surface area contributed by atoms with Crippen LogP contribution in [0, 0.1) is 0 Å². The molecular weight excluding hydrogens is 424 g/mol. The van der Waals surface area contributed by atoms with Gasteiger partial charge in [0.15, 0.2) is 0 Å². The van der Waals surface area contributed by atoms with E-state index in [1.54, 1.807) is 0 Å². The fraction of sp³-hybridized carbons (Fsp3) is 0.909. The first kappa shape index (κ1) is 32.2. The molecule has 0 fully saturated rings. The molecule has 2 nitrogen and oxygen atoms in total. The van der Waals surface area contributed by atoms with Crippen molar-refractivity contribution in [2.24, 2.45) is 0 Å². The van der Waals surface area contributed by atoms with E-state index in [1.165, 1.54) is 173 Å². The monoisotopic (exact) mass is 490 g/mol. The molecule has 0 saturated heterocycles. The predicted octanol–water partition coefficient (Wildman–Crippen LogP) is 10.7. The highest BCUT2D eigenvalue weighted by Gasteiger charge is 2.14. The minimum absolute atomic E-state index is 1.16. The third-order valence-corrected chi connectivity index (χ3v) is 7.91. The van der Waals surface area contributed by atoms with Gasteiger partial charge in [0.2, 0.25) is 0 Å². The molecule has 0 unspecified atom stereocenters. The Bertz CT molecular complexity index is 547. The Balaban J connectivity index is 1.97. The molecule has 0 saturated carbocycles. The molecule has 0 spiro atoms. The zero-order valence-corrected chi connectivity index (χ0v) is 24.6. The van der Waals surface area contributed by atoms with Crippen LogP contribution in [0.4, 0.5) is 0 Å². The van der Waals surface area contributed by atoms with Crippen LogP contribution in [0.15, 0.2) is 12.4 Å². The lowest BCUT2D eigenvalue weighted by Crippen LogP contribution is -2.37. The first-order valence-corrected chi connectivity index (χ1v) is 16.4. The summed E-state index contributed by atoms with van der Waals surface area (Å²) in [5.41, 5.74) is 0. The first-order valence-electron chi connectivity index (χ1n) is 16.4. The summed E-state index contributed by atoms with van der Waals surface area (Å²) < 4.78 is 5.07. The second-order valence-corrected chi connectivity index (χ2v) is 11.2. The Labute approximate surface area is 221 Å². The number of aryl methyl sites for hydroxylation is 2. The number of imidazole rings is 1. The lowest BCUT2D eigenvalue weighted by atomic mass is 10.0. The SMILES string of the molecule is CCCCCCCCCCCCCCCCCn1cc[n+](CCCCCCCCCCC)c1CC. The largest absolute Gasteiger partial charge is 0.256 e. The van der Waals surface area contributed by atoms with Crippen molar-refractivity contribution >= 4 is 0 Å². The van der Waals surface area contributed by atoms with Crippen molar-refractivity contribution in [3.05, 3.63) is 18.2 Å². The molecule has 0 aliphatic carbocycles. The maximum atomic E-state index is 2.54. The Morgan fingerprint density at radius 1 is 0.486 bits per heavy atom. The molecule has 35 heavy (non-hydrogen) atoms. The minimum Gasteiger partial charge on any atom is -0.234 e. The maximum Gasteiger partial charge on any atom is 0.256 e. The highest BCUT2D eigenvalue weighted by atomic mass is 15.1. The summed E-state index contributed by atoms with van der Waals surface area (Å²) in [5.74, 6) is 1.54. The van der Waals surface area contributed by atoms with Gasteiger partial charge in [-0.1, -0.05) is 149 Å². The van der Waals surface area contributed by atoms with E-state index in [2.05, 4.69) is 42.3 Å². The molecule has 0 bridgehead atoms. The summed E-state index contributed by atoms with van der Waals surface area (Å²) >= 11 is 0. The summed E-state index contributed by atoms with van der Waals surface area (Å²) in [5, 5.41) is 0. The summed E-state index contributed by atoms with van der Waals surface area (Å²) in [6.07, 6.45) is 40.2. The van der Waals surface area contributed by atoms with E-state index in [-0.39, 0.29) is 0 Å². The van der Waals surface area contributed by atoms with Gasteiger partial charge in [0.05, 0.1) is 13.1 Å². The normalized spacial score (nSPS) is 11.5. The molecule has 0 atom stereocenters. The highest BCUT2D eigenvalue weighted by molar-refractivity contribution is 4.83. The van der Waals surface area contributed by atoms with Crippen molar-refractivity contribution in [1.82, 2.24) is 4.57 Å². The summed E-state index contributed by atoms with van der Waals surface area (Å²) in [7, 11) is 0. The maximum absolute atomic E-state index is 2.54. The fourth-order valence-corrected chi connectivity index (χ4v) is 5.56. The lowest BCUT2D eigenvalue weighted by Gasteiger charge is -2.05. The molecule has 2 heteroatoms. The first-order chi connectivity index (χ1) is 17.3. The number of hydrogen-bond donors (Lipinski definition) is 0. The number of hydrogen-bond acceptors (Lipinski definition) is 0. The molecule has 0 aromatic carbocycles. The van der Waals surface area contributed by atoms with Crippen molar-refractivity contribution in [2.45, 2.75) is 194 Å². The standard InChI is InChI=1S/C33H65N2/c1-4-7-9-11-13-15-16-17-18-19-20-22-24-26-28-30-35-32-31-34(33(35)6-3)29-27-25-23-21-14-12-10-8-5-2/h31-32H,4-30H2,1-3H3/q+1. The van der Waals surface area contributed by atoms with Crippen molar-refractivity contribution < 1.29 is 4.57 Å². The summed E-state index contributed by atoms with van der Waals surface area (Å²) in [6.45, 7) is 9.36. The predicted molar refractivity (Wildman–Crippen MR) is 156 cm³/mol. The van der Waals surface area contributed by atoms with Crippen LogP contribution in [0.5, 0.6) is 0 Å². The van der Waals surface area contributed by atoms with Gasteiger partial charge in [0.1, 0.15) is 12.4 Å². The Kier molecular flexibility index (Phi) is 22.9. The summed E-state index contributed by atoms with van der Waals surface area (Å²) in [4.78, 5) is 0. The van der Waals surface area contributed by atoms with Crippen LogP contribution in [0.1, 0.15) is 181 Å². The van der Waals surface area contributed by atoms with Crippen LogP contribution in [-0.4, -0.2) is 4.57 Å². The lowest BCUT2D eigenvalue weighted by molar-refractivity contribution is -0.704. The molecule has 0 aliphatic rings. The Hall–Kier alpha value is -0.790. The van der Waals surface area contributed by atoms with Crippen molar-refractivity contribution in [3.63, 3.8) is 0 Å². The van der Waals surface area contributed by atoms with E-state index >= 15 is 0 Å². The van der Waals surface area contributed by atoms with Crippen molar-refractivity contribution in [2.75, 3.05) is 0 Å². The molecule has 0 amide bonds. The number of aromatic nitrogens is 2. The van der Waals surface area contributed by atoms with E-state index in [1.807, 2.05) is 0 Å². The molecule has 1 aromatic rings. The van der Waals surface area contributed by atoms with Crippen LogP contribution in [-0.2, 0) is 19.5 Å². The van der Waals surface area contributed by atoms with Gasteiger partial charge in [-0.05, 0) is 25.7 Å². The molecule has 0 radical (unpaired) electrons. The van der Waals surface area contributed by atoms with Gasteiger partial charge in [0.25, 0.3) is 5.82 Å². The number of nitrogens with zero attached hydrogens (tertiary/aromatic N) is 2. The van der Waals surface area contributed by atoms with Crippen LogP contribution in [0.25, 0.3) is 0 Å². The van der Waals surface area contributed by atoms with E-state index in [0.717, 1.165) is 6.42 Å². The van der Waals surface area contributed by atoms with Gasteiger partial charge in [-0.3, -0.25) is 0 Å². The topological polar surface area (TPSA) is 8.81 Å². The average molecular weight is 490 g/mol. The third-order valence-electron chi connectivity index (χ3n) is 7.91. The average Bonchev–Trinajstić information content (AvgIpc) is 3.26. The molecule has 0 N–H and O–H groups in total. The number of rotatable bonds is 27. The zero-order valence-electron chi connectivity index (χ0n) is 24.6. The Morgan fingerprint density at radius 2 is 0.857 bits per heavy atom. The molecule has 1 heterocycles. The quantitative estimate of drug-likeness (QED) is 0.0858. The minimum atomic E-state index is 1.16. The molecular formula is C33H65N2+. The molecule has 0 aliphatic heterocycles. The second-order valence-electron chi connectivity index (χ2n) is 11.2. The van der Waals surface area contributed by atoms with Gasteiger partial charge in [0, 0.05) is 6.42 Å². The fourth-order valence-electron chi connectivity index (χ4n) is 5.56. The molecule has 206 valence electrons. The van der Waals surface area contributed by atoms with Gasteiger partial charge in [-0.2, -0.15) is 0 Å². The van der Waals surface area contributed by atoms with Crippen molar-refractivity contribution in [3.8, 4) is 0 Å². The van der Waals surface area contributed by atoms with Crippen LogP contribution in [0.2, 0.25) is 0 Å². The van der Waals surface area contributed by atoms with Crippen molar-refractivity contribution in [1.29, 1.82) is 0 Å². The van der Waals surface area contributed by atoms with E-state index in [9.17, 15) is 0 Å². The van der Waals surface area contributed by atoms with Gasteiger partial charge in [-0.15, -0.1) is 0 Å². The highest BCUT2D eigenvalue weighted by Crippen LogP contribution is 2.14. The van der Waals surface area contributed by atoms with Crippen LogP contribution < -0.4 is 4.57 Å². The van der Waals surface area contributed by atoms with Crippen LogP contribution in [0.3, 0.4) is 0 Å². The van der Waals surface area contributed by atoms with E-state index in [0.29, 0.717) is 0 Å². The Morgan fingerprint density at radius 3 is 1.26 bits per heavy atom. The van der Waals surface area contributed by atoms with Crippen LogP contribution >= 0.6 is 0 Å². The third kappa shape index (κ3) is 18.2.